The molecule has 0 aromatic carbocycles. The molecular weight excluding hydrogens is 451 g/mol. The molecule has 8 heteroatoms. The average Bonchev–Trinajstić information content (AvgIpc) is 3.26. The molecule has 25 heavy (non-hydrogen) atoms. The Labute approximate surface area is 169 Å². The molecular formula is C17H33IN4O2S. The first kappa shape index (κ1) is 21.2. The zero-order valence-electron chi connectivity index (χ0n) is 15.2. The van der Waals surface area contributed by atoms with E-state index in [1.165, 1.54) is 38.8 Å². The molecule has 0 amide bonds. The Balaban J connectivity index is 0.00000225. The summed E-state index contributed by atoms with van der Waals surface area (Å²) >= 11 is 0. The number of likely N-dealkylation sites (tertiary alicyclic amines) is 1. The first-order valence-corrected chi connectivity index (χ1v) is 11.3. The molecule has 2 atom stereocenters. The summed E-state index contributed by atoms with van der Waals surface area (Å²) in [6.07, 6.45) is 7.56. The normalized spacial score (nSPS) is 30.4. The molecule has 2 unspecified atom stereocenters. The standard InChI is InChI=1S/C17H32N4O2S.HI/c1-18-17(19-10-15-7-9-24(22,23)13-15)20-16-6-8-21(12-16)11-14-4-2-3-5-14;/h14-16H,2-13H2,1H3,(H2,18,19,20);1H. The van der Waals surface area contributed by atoms with Crippen molar-refractivity contribution in [3.63, 3.8) is 0 Å². The quantitative estimate of drug-likeness (QED) is 0.351. The second-order valence-corrected chi connectivity index (χ2v) is 9.99. The zero-order chi connectivity index (χ0) is 17.0. The van der Waals surface area contributed by atoms with E-state index < -0.39 is 9.84 Å². The van der Waals surface area contributed by atoms with E-state index in [1.807, 2.05) is 0 Å². The molecule has 0 spiro atoms. The number of sulfone groups is 1. The van der Waals surface area contributed by atoms with Gasteiger partial charge in [-0.3, -0.25) is 4.99 Å². The van der Waals surface area contributed by atoms with Crippen LogP contribution in [0.3, 0.4) is 0 Å². The van der Waals surface area contributed by atoms with Crippen LogP contribution in [0.1, 0.15) is 38.5 Å². The number of nitrogens with one attached hydrogen (secondary N) is 2. The van der Waals surface area contributed by atoms with Crippen LogP contribution in [0.2, 0.25) is 0 Å². The molecule has 2 aliphatic heterocycles. The SMILES string of the molecule is CN=C(NCC1CCS(=O)(=O)C1)NC1CCN(CC2CCCC2)C1.I. The fourth-order valence-corrected chi connectivity index (χ4v) is 6.20. The highest BCUT2D eigenvalue weighted by molar-refractivity contribution is 14.0. The molecule has 0 aromatic rings. The molecule has 0 radical (unpaired) electrons. The van der Waals surface area contributed by atoms with Crippen molar-refractivity contribution in [1.82, 2.24) is 15.5 Å². The lowest BCUT2D eigenvalue weighted by atomic mass is 10.1. The van der Waals surface area contributed by atoms with Crippen LogP contribution < -0.4 is 10.6 Å². The summed E-state index contributed by atoms with van der Waals surface area (Å²) in [7, 11) is -1.01. The third-order valence-corrected chi connectivity index (χ3v) is 7.55. The van der Waals surface area contributed by atoms with Crippen LogP contribution in [0.4, 0.5) is 0 Å². The van der Waals surface area contributed by atoms with Crippen LogP contribution >= 0.6 is 24.0 Å². The van der Waals surface area contributed by atoms with Crippen molar-refractivity contribution in [2.75, 3.05) is 44.7 Å². The lowest BCUT2D eigenvalue weighted by Crippen LogP contribution is -2.46. The maximum Gasteiger partial charge on any atom is 0.191 e. The Morgan fingerprint density at radius 1 is 1.16 bits per heavy atom. The lowest BCUT2D eigenvalue weighted by molar-refractivity contribution is 0.275. The second-order valence-electron chi connectivity index (χ2n) is 7.76. The molecule has 3 rings (SSSR count). The van der Waals surface area contributed by atoms with E-state index in [0.717, 1.165) is 31.3 Å². The van der Waals surface area contributed by atoms with Crippen LogP contribution in [-0.2, 0) is 9.84 Å². The summed E-state index contributed by atoms with van der Waals surface area (Å²) in [4.78, 5) is 6.89. The van der Waals surface area contributed by atoms with Crippen LogP contribution in [0.25, 0.3) is 0 Å². The smallest absolute Gasteiger partial charge is 0.191 e. The van der Waals surface area contributed by atoms with Gasteiger partial charge in [0.2, 0.25) is 0 Å². The van der Waals surface area contributed by atoms with Gasteiger partial charge in [-0.1, -0.05) is 12.8 Å². The minimum Gasteiger partial charge on any atom is -0.356 e. The molecule has 0 bridgehead atoms. The lowest BCUT2D eigenvalue weighted by Gasteiger charge is -2.21. The zero-order valence-corrected chi connectivity index (χ0v) is 18.4. The van der Waals surface area contributed by atoms with E-state index in [-0.39, 0.29) is 29.9 Å². The highest BCUT2D eigenvalue weighted by Crippen LogP contribution is 2.26. The summed E-state index contributed by atoms with van der Waals surface area (Å²) in [5, 5.41) is 6.83. The van der Waals surface area contributed by atoms with Crippen molar-refractivity contribution >= 4 is 39.8 Å². The van der Waals surface area contributed by atoms with Gasteiger partial charge < -0.3 is 15.5 Å². The summed E-state index contributed by atoms with van der Waals surface area (Å²) in [6, 6.07) is 0.449. The van der Waals surface area contributed by atoms with Crippen LogP contribution in [0, 0.1) is 11.8 Å². The Hall–Kier alpha value is -0.0900. The summed E-state index contributed by atoms with van der Waals surface area (Å²) < 4.78 is 23.1. The van der Waals surface area contributed by atoms with E-state index in [4.69, 9.17) is 0 Å². The van der Waals surface area contributed by atoms with Crippen LogP contribution in [-0.4, -0.2) is 70.1 Å². The second kappa shape index (κ2) is 9.73. The van der Waals surface area contributed by atoms with Crippen LogP contribution in [0.5, 0.6) is 0 Å². The van der Waals surface area contributed by atoms with E-state index in [2.05, 4.69) is 20.5 Å². The highest BCUT2D eigenvalue weighted by Gasteiger charge is 2.29. The van der Waals surface area contributed by atoms with Gasteiger partial charge in [0.1, 0.15) is 0 Å². The van der Waals surface area contributed by atoms with Gasteiger partial charge in [-0.25, -0.2) is 8.42 Å². The van der Waals surface area contributed by atoms with Gasteiger partial charge in [-0.15, -0.1) is 24.0 Å². The third-order valence-electron chi connectivity index (χ3n) is 5.71. The van der Waals surface area contributed by atoms with Crippen molar-refractivity contribution in [3.05, 3.63) is 0 Å². The largest absolute Gasteiger partial charge is 0.356 e. The first-order valence-electron chi connectivity index (χ1n) is 9.44. The summed E-state index contributed by atoms with van der Waals surface area (Å²) in [5.74, 6) is 2.59. The third kappa shape index (κ3) is 6.53. The molecule has 3 aliphatic rings. The Morgan fingerprint density at radius 2 is 1.92 bits per heavy atom. The van der Waals surface area contributed by atoms with Crippen LogP contribution in [0.15, 0.2) is 4.99 Å². The fraction of sp³-hybridized carbons (Fsp3) is 0.941. The molecule has 146 valence electrons. The van der Waals surface area contributed by atoms with Gasteiger partial charge in [0.15, 0.2) is 15.8 Å². The van der Waals surface area contributed by atoms with E-state index in [1.54, 1.807) is 7.05 Å². The van der Waals surface area contributed by atoms with E-state index in [0.29, 0.717) is 24.1 Å². The molecule has 2 saturated heterocycles. The number of hydrogen-bond acceptors (Lipinski definition) is 4. The minimum absolute atomic E-state index is 0. The van der Waals surface area contributed by atoms with Crippen molar-refractivity contribution in [1.29, 1.82) is 0 Å². The summed E-state index contributed by atoms with van der Waals surface area (Å²) in [6.45, 7) is 4.21. The molecule has 3 fully saturated rings. The number of guanidine groups is 1. The van der Waals surface area contributed by atoms with Crippen molar-refractivity contribution in [2.45, 2.75) is 44.6 Å². The predicted octanol–water partition coefficient (Wildman–Crippen LogP) is 1.47. The number of rotatable bonds is 5. The summed E-state index contributed by atoms with van der Waals surface area (Å²) in [5.41, 5.74) is 0. The van der Waals surface area contributed by atoms with Crippen molar-refractivity contribution < 1.29 is 8.42 Å². The molecule has 2 N–H and O–H groups in total. The number of aliphatic imine (C=N–C) groups is 1. The Morgan fingerprint density at radius 3 is 2.56 bits per heavy atom. The monoisotopic (exact) mass is 484 g/mol. The van der Waals surface area contributed by atoms with Crippen molar-refractivity contribution in [3.8, 4) is 0 Å². The highest BCUT2D eigenvalue weighted by atomic mass is 127. The first-order chi connectivity index (χ1) is 11.5. The predicted molar refractivity (Wildman–Crippen MR) is 113 cm³/mol. The molecule has 1 saturated carbocycles. The van der Waals surface area contributed by atoms with E-state index >= 15 is 0 Å². The molecule has 1 aliphatic carbocycles. The van der Waals surface area contributed by atoms with Gasteiger partial charge in [0, 0.05) is 39.3 Å². The molecule has 2 heterocycles. The molecule has 6 nitrogen and oxygen atoms in total. The Bertz CT molecular complexity index is 549. The van der Waals surface area contributed by atoms with Gasteiger partial charge in [-0.2, -0.15) is 0 Å². The average molecular weight is 484 g/mol. The Kier molecular flexibility index (Phi) is 8.26. The van der Waals surface area contributed by atoms with Gasteiger partial charge in [0.25, 0.3) is 0 Å². The maximum absolute atomic E-state index is 11.5. The molecule has 0 aromatic heterocycles. The fourth-order valence-electron chi connectivity index (χ4n) is 4.34. The topological polar surface area (TPSA) is 73.8 Å². The van der Waals surface area contributed by atoms with Gasteiger partial charge in [0.05, 0.1) is 11.5 Å². The van der Waals surface area contributed by atoms with Gasteiger partial charge >= 0.3 is 0 Å². The van der Waals surface area contributed by atoms with Crippen molar-refractivity contribution in [2.24, 2.45) is 16.8 Å². The number of hydrogen-bond donors (Lipinski definition) is 2. The number of halogens is 1. The van der Waals surface area contributed by atoms with Gasteiger partial charge in [-0.05, 0) is 37.5 Å². The van der Waals surface area contributed by atoms with E-state index in [9.17, 15) is 8.42 Å². The number of nitrogens with zero attached hydrogens (tertiary/aromatic N) is 2. The minimum atomic E-state index is -2.80. The maximum atomic E-state index is 11.5.